The normalized spacial score (nSPS) is 23.5. The molecule has 6 bridgehead atoms. The van der Waals surface area contributed by atoms with Crippen molar-refractivity contribution in [1.82, 2.24) is 9.97 Å². The third-order valence-electron chi connectivity index (χ3n) is 32.9. The van der Waals surface area contributed by atoms with Gasteiger partial charge in [-0.25, -0.2) is 0 Å². The second-order valence-electron chi connectivity index (χ2n) is 52.5. The van der Waals surface area contributed by atoms with Gasteiger partial charge in [0.25, 0.3) is 0 Å². The van der Waals surface area contributed by atoms with Gasteiger partial charge in [-0.05, 0) is 316 Å². The van der Waals surface area contributed by atoms with Crippen LogP contribution < -0.4 is 34.4 Å². The summed E-state index contributed by atoms with van der Waals surface area (Å²) in [7, 11) is 0. The number of amidine groups is 6. The molecule has 138 heavy (non-hydrogen) atoms. The van der Waals surface area contributed by atoms with Gasteiger partial charge in [-0.15, -0.1) is 0 Å². The van der Waals surface area contributed by atoms with Crippen LogP contribution in [0, 0.1) is 50.2 Å². The van der Waals surface area contributed by atoms with E-state index in [1.54, 1.807) is 0 Å². The first kappa shape index (κ1) is 117. The van der Waals surface area contributed by atoms with Gasteiger partial charge in [0.2, 0.25) is 0 Å². The molecule has 6 aliphatic carbocycles. The molecule has 2 aromatic carbocycles. The average molecular weight is 1910 g/mol. The summed E-state index contributed by atoms with van der Waals surface area (Å²) < 4.78 is 0. The predicted octanol–water partition coefficient (Wildman–Crippen LogP) is 30.4. The van der Waals surface area contributed by atoms with Crippen LogP contribution in [0.25, 0.3) is 0 Å². The molecule has 6 saturated carbocycles. The van der Waals surface area contributed by atoms with Gasteiger partial charge in [-0.2, -0.15) is 0 Å². The molecule has 10 rings (SSSR count). The Balaban J connectivity index is 0.000000256. The van der Waals surface area contributed by atoms with Crippen LogP contribution in [-0.2, 0) is 29.0 Å². The van der Waals surface area contributed by atoms with E-state index in [0.29, 0.717) is 106 Å². The van der Waals surface area contributed by atoms with Crippen LogP contribution in [0.15, 0.2) is 30.9 Å². The van der Waals surface area contributed by atoms with Crippen LogP contribution in [0.2, 0.25) is 0 Å². The molecular weight excluding hydrogens is 1710 g/mol. The fourth-order valence-corrected chi connectivity index (χ4v) is 24.6. The maximum atomic E-state index is 7.08. The largest absolute Gasteiger partial charge is 0.390 e. The van der Waals surface area contributed by atoms with Crippen molar-refractivity contribution in [2.24, 2.45) is 116 Å². The quantitative estimate of drug-likeness (QED) is 0.0155. The summed E-state index contributed by atoms with van der Waals surface area (Å²) in [6.07, 6.45) is 10.9. The summed E-state index contributed by atoms with van der Waals surface area (Å²) in [6.45, 7) is 110. The van der Waals surface area contributed by atoms with Crippen molar-refractivity contribution in [3.05, 3.63) is 123 Å². The Morgan fingerprint density at radius 3 is 0.500 bits per heavy atom. The molecule has 6 fully saturated rings. The fourth-order valence-electron chi connectivity index (χ4n) is 24.6. The summed E-state index contributed by atoms with van der Waals surface area (Å²) in [5, 5.41) is 27.4. The number of hydrogen-bond acceptors (Lipinski definition) is 14. The number of hydrogen-bond donors (Lipinski definition) is 6. The third-order valence-corrected chi connectivity index (χ3v) is 32.9. The molecule has 12 N–H and O–H groups in total. The SMILES string of the molecule is CC(C)c1c(/C(N)=N/OC(C)(C)C)c(C(C)C)c(C(C)C)c(/C(N)=N/OC(C)(C)C)c1C(C)C.CC(C)c1c(/C(N)=N/OC2CC3CCC2(C)C3(C)C)c(C(C)C)c(C(C)C)c(/C(N)=N/OC2CC3CCC2(C)C3(C)C)c1C(C)C.CC(C)c1nc(C(C)C)c(C(C)C)c(/C(N)=N/OC(C)(C)C)c1C(C)C.CC(C)c1nc(C(C)C)c(C(C)C)c(/C(N)=N/OC2CC3CCC2(C)C3(C)C)c1C(C)C. The van der Waals surface area contributed by atoms with E-state index in [2.05, 4.69) is 304 Å². The van der Waals surface area contributed by atoms with E-state index in [0.717, 1.165) is 97.7 Å². The van der Waals surface area contributed by atoms with Gasteiger partial charge in [0, 0.05) is 72.4 Å². The summed E-state index contributed by atoms with van der Waals surface area (Å²) in [5.41, 5.74) is 65.7. The lowest BCUT2D eigenvalue weighted by Crippen LogP contribution is -2.37. The molecule has 780 valence electrons. The summed E-state index contributed by atoms with van der Waals surface area (Å²) >= 11 is 0. The number of rotatable bonds is 31. The van der Waals surface area contributed by atoms with Gasteiger partial charge in [0.05, 0.1) is 0 Å². The molecule has 4 aromatic rings. The Morgan fingerprint density at radius 1 is 0.239 bits per heavy atom. The lowest BCUT2D eigenvalue weighted by atomic mass is 9.70. The Labute approximate surface area is 841 Å². The van der Waals surface area contributed by atoms with Crippen molar-refractivity contribution < 1.29 is 29.0 Å². The highest BCUT2D eigenvalue weighted by Crippen LogP contribution is 2.69. The van der Waals surface area contributed by atoms with Gasteiger partial charge in [-0.1, -0.05) is 315 Å². The first-order valence-corrected chi connectivity index (χ1v) is 53.7. The van der Waals surface area contributed by atoms with Crippen molar-refractivity contribution in [3.8, 4) is 0 Å². The smallest absolute Gasteiger partial charge is 0.171 e. The number of oxime groups is 6. The van der Waals surface area contributed by atoms with Gasteiger partial charge in [0.1, 0.15) is 35.1 Å². The van der Waals surface area contributed by atoms with E-state index < -0.39 is 11.2 Å². The maximum absolute atomic E-state index is 7.08. The molecule has 2 aromatic heterocycles. The molecule has 0 saturated heterocycles. The summed E-state index contributed by atoms with van der Waals surface area (Å²) in [5.74, 6) is 8.82. The van der Waals surface area contributed by atoms with E-state index in [9.17, 15) is 0 Å². The molecule has 9 atom stereocenters. The number of pyridine rings is 2. The number of benzene rings is 2. The van der Waals surface area contributed by atoms with E-state index in [1.807, 2.05) is 62.3 Å². The predicted molar refractivity (Wildman–Crippen MR) is 586 cm³/mol. The Hall–Kier alpha value is -7.64. The number of nitrogens with zero attached hydrogens (tertiary/aromatic N) is 8. The minimum Gasteiger partial charge on any atom is -0.390 e. The van der Waals surface area contributed by atoms with E-state index in [1.165, 1.54) is 83.0 Å². The Bertz CT molecular complexity index is 4730. The highest BCUT2D eigenvalue weighted by molar-refractivity contribution is 6.08. The van der Waals surface area contributed by atoms with Gasteiger partial charge >= 0.3 is 0 Å². The zero-order valence-corrected chi connectivity index (χ0v) is 97.1. The van der Waals surface area contributed by atoms with Crippen LogP contribution in [0.4, 0.5) is 0 Å². The highest BCUT2D eigenvalue weighted by atomic mass is 16.7. The van der Waals surface area contributed by atoms with Crippen LogP contribution in [-0.4, -0.2) is 80.1 Å². The zero-order chi connectivity index (χ0) is 106. The molecule has 0 spiro atoms. The van der Waals surface area contributed by atoms with Crippen molar-refractivity contribution in [2.45, 2.75) is 534 Å². The van der Waals surface area contributed by atoms with Crippen LogP contribution >= 0.6 is 0 Å². The van der Waals surface area contributed by atoms with Gasteiger partial charge < -0.3 is 63.4 Å². The minimum atomic E-state index is -0.441. The van der Waals surface area contributed by atoms with Crippen LogP contribution in [0.5, 0.6) is 0 Å². The standard InChI is InChI=1S/C40H66N4O2.C28H50N4O2.C28H47N3O.C22H39N3O/c1-21(2)29-30(22(3)4)34(36(42)44-46-28-20-26-16-18-40(28,14)38(26,11)12)32(24(7)8)31(23(5)6)33(29)35(41)43-45-27-19-25-15-17-39(27,13)37(25,9)10;1-15(2)19-20(16(3)4)24(26(30)32-34-28(12,13)14)22(18(7)8)21(17(5)6)23(19)25(29)31-33-27(9,10)11;1-15(2)21-23(22(16(3)4)25(18(7)8)30-24(21)17(5)6)26(29)31-32-20-14-19-12-13-28(20,11)27(19,9)10;1-12(2)16-18(21(23)25-26-22(9,10)11)17(13(3)4)20(15(7)8)24-19(16)14(5)6/h21-28H,15-20H2,1-14H3,(H2,41,43)(H2,42,44);15-18H,1-14H3,(H2,29,31)(H2,30,32);15-20H,12-14H2,1-11H3,(H2,29,31);12-15H,1-11H3,(H2,23,25). The first-order valence-electron chi connectivity index (χ1n) is 53.7. The molecular formula is C118H202N14O6. The minimum absolute atomic E-state index is 0.0795. The van der Waals surface area contributed by atoms with Crippen molar-refractivity contribution >= 4 is 35.0 Å². The Morgan fingerprint density at radius 2 is 0.384 bits per heavy atom. The molecule has 2 heterocycles. The van der Waals surface area contributed by atoms with E-state index >= 15 is 0 Å². The number of nitrogens with two attached hydrogens (primary N) is 6. The summed E-state index contributed by atoms with van der Waals surface area (Å²) in [6, 6.07) is 0. The Kier molecular flexibility index (Phi) is 37.7. The van der Waals surface area contributed by atoms with Crippen LogP contribution in [0.1, 0.15) is 622 Å². The second kappa shape index (κ2) is 44.3. The van der Waals surface area contributed by atoms with Crippen molar-refractivity contribution in [3.63, 3.8) is 0 Å². The molecule has 0 amide bonds. The molecule has 0 radical (unpaired) electrons. The third kappa shape index (κ3) is 24.0. The van der Waals surface area contributed by atoms with Gasteiger partial charge in [0.15, 0.2) is 35.0 Å². The van der Waals surface area contributed by atoms with Crippen LogP contribution in [0.3, 0.4) is 0 Å². The second-order valence-corrected chi connectivity index (χ2v) is 52.5. The topological polar surface area (TPSA) is 311 Å². The number of fused-ring (bicyclic) bond motifs is 6. The van der Waals surface area contributed by atoms with E-state index in [-0.39, 0.29) is 98.3 Å². The fraction of sp³-hybridized carbons (Fsp3) is 0.763. The lowest BCUT2D eigenvalue weighted by molar-refractivity contribution is -0.0447. The molecule has 20 nitrogen and oxygen atoms in total. The monoisotopic (exact) mass is 1910 g/mol. The molecule has 9 unspecified atom stereocenters. The molecule has 20 heteroatoms. The molecule has 6 aliphatic rings. The van der Waals surface area contributed by atoms with Crippen molar-refractivity contribution in [1.29, 1.82) is 0 Å². The molecule has 0 aliphatic heterocycles. The average Bonchev–Trinajstić information content (AvgIpc) is 1.56. The first-order chi connectivity index (χ1) is 63.0. The summed E-state index contributed by atoms with van der Waals surface area (Å²) in [4.78, 5) is 46.8. The highest BCUT2D eigenvalue weighted by Gasteiger charge is 2.65. The maximum Gasteiger partial charge on any atom is 0.171 e. The lowest BCUT2D eigenvalue weighted by Gasteiger charge is -2.37. The van der Waals surface area contributed by atoms with E-state index in [4.69, 9.17) is 83.7 Å². The van der Waals surface area contributed by atoms with Gasteiger partial charge in [-0.3, -0.25) is 9.97 Å². The zero-order valence-electron chi connectivity index (χ0n) is 97.1. The number of aromatic nitrogens is 2. The van der Waals surface area contributed by atoms with Crippen molar-refractivity contribution in [2.75, 3.05) is 0 Å².